The quantitative estimate of drug-likeness (QED) is 0.481. The monoisotopic (exact) mass is 458 g/mol. The highest BCUT2D eigenvalue weighted by molar-refractivity contribution is 6.10. The van der Waals surface area contributed by atoms with Crippen molar-refractivity contribution in [3.8, 4) is 22.8 Å². The number of carboxylic acids is 1. The second-order valence-corrected chi connectivity index (χ2v) is 8.13. The molecule has 0 bridgehead atoms. The van der Waals surface area contributed by atoms with Crippen molar-refractivity contribution in [2.24, 2.45) is 0 Å². The second-order valence-electron chi connectivity index (χ2n) is 8.13. The van der Waals surface area contributed by atoms with Crippen LogP contribution in [0.25, 0.3) is 22.8 Å². The molecule has 0 aliphatic carbocycles. The number of pyridine rings is 2. The van der Waals surface area contributed by atoms with Crippen LogP contribution >= 0.6 is 0 Å². The van der Waals surface area contributed by atoms with Crippen molar-refractivity contribution in [2.45, 2.75) is 26.4 Å². The average molecular weight is 458 g/mol. The standard InChI is InChI=1S/C24H19FN6O3/c1-13(2)31-12-27-29-22(31)18-4-3-5-19(28-18)30-11-15-7-6-14(10-17(15)23(30)32)21-20(25)16(24(33)34)8-9-26-21/h3-10,12-13H,11H2,1-2H3,(H,33,34). The zero-order valence-corrected chi connectivity index (χ0v) is 18.3. The molecule has 0 fully saturated rings. The number of aromatic carboxylic acids is 1. The summed E-state index contributed by atoms with van der Waals surface area (Å²) in [6, 6.07) is 11.5. The van der Waals surface area contributed by atoms with Crippen LogP contribution in [-0.4, -0.2) is 41.7 Å². The fraction of sp³-hybridized carbons (Fsp3) is 0.167. The zero-order chi connectivity index (χ0) is 24.0. The molecule has 5 rings (SSSR count). The lowest BCUT2D eigenvalue weighted by Gasteiger charge is -2.16. The fourth-order valence-electron chi connectivity index (χ4n) is 3.95. The topological polar surface area (TPSA) is 114 Å². The number of anilines is 1. The zero-order valence-electron chi connectivity index (χ0n) is 18.3. The number of carboxylic acid groups (broad SMARTS) is 1. The molecule has 34 heavy (non-hydrogen) atoms. The molecule has 0 saturated heterocycles. The summed E-state index contributed by atoms with van der Waals surface area (Å²) in [5, 5.41) is 17.3. The number of carbonyl (C=O) groups is 2. The first-order valence-corrected chi connectivity index (χ1v) is 10.5. The third-order valence-corrected chi connectivity index (χ3v) is 5.68. The summed E-state index contributed by atoms with van der Waals surface area (Å²) in [6.45, 7) is 4.32. The number of carbonyl (C=O) groups excluding carboxylic acids is 1. The fourth-order valence-corrected chi connectivity index (χ4v) is 3.95. The van der Waals surface area contributed by atoms with Crippen LogP contribution in [0.5, 0.6) is 0 Å². The van der Waals surface area contributed by atoms with Crippen LogP contribution in [0.1, 0.15) is 46.2 Å². The Hall–Kier alpha value is -4.47. The van der Waals surface area contributed by atoms with Crippen LogP contribution in [0.3, 0.4) is 0 Å². The molecule has 0 radical (unpaired) electrons. The third kappa shape index (κ3) is 3.49. The summed E-state index contributed by atoms with van der Waals surface area (Å²) in [7, 11) is 0. The van der Waals surface area contributed by atoms with Crippen LogP contribution in [0.15, 0.2) is 55.0 Å². The second kappa shape index (κ2) is 8.14. The van der Waals surface area contributed by atoms with Crippen LogP contribution in [0.4, 0.5) is 10.2 Å². The van der Waals surface area contributed by atoms with E-state index in [2.05, 4.69) is 20.2 Å². The van der Waals surface area contributed by atoms with Gasteiger partial charge in [-0.15, -0.1) is 10.2 Å². The summed E-state index contributed by atoms with van der Waals surface area (Å²) in [6.07, 6.45) is 2.87. The Labute approximate surface area is 193 Å². The predicted molar refractivity (Wildman–Crippen MR) is 121 cm³/mol. The summed E-state index contributed by atoms with van der Waals surface area (Å²) in [5.74, 6) is -1.56. The molecule has 1 aromatic carbocycles. The molecule has 4 heterocycles. The van der Waals surface area contributed by atoms with Crippen LogP contribution in [-0.2, 0) is 6.54 Å². The Morgan fingerprint density at radius 2 is 2.00 bits per heavy atom. The number of halogens is 1. The van der Waals surface area contributed by atoms with Gasteiger partial charge >= 0.3 is 5.97 Å². The number of nitrogens with zero attached hydrogens (tertiary/aromatic N) is 6. The largest absolute Gasteiger partial charge is 0.478 e. The smallest absolute Gasteiger partial charge is 0.338 e. The molecular weight excluding hydrogens is 439 g/mol. The number of amides is 1. The highest BCUT2D eigenvalue weighted by atomic mass is 19.1. The van der Waals surface area contributed by atoms with Crippen molar-refractivity contribution in [3.05, 3.63) is 77.5 Å². The van der Waals surface area contributed by atoms with E-state index < -0.39 is 17.3 Å². The SMILES string of the molecule is CC(C)n1cnnc1-c1cccc(N2Cc3ccc(-c4nccc(C(=O)O)c4F)cc3C2=O)n1. The van der Waals surface area contributed by atoms with Gasteiger partial charge in [-0.25, -0.2) is 14.2 Å². The Bertz CT molecular complexity index is 1450. The van der Waals surface area contributed by atoms with E-state index in [0.717, 1.165) is 11.6 Å². The maximum absolute atomic E-state index is 14.7. The first-order chi connectivity index (χ1) is 16.3. The molecular formula is C24H19FN6O3. The molecule has 0 spiro atoms. The van der Waals surface area contributed by atoms with Crippen molar-refractivity contribution < 1.29 is 19.1 Å². The molecule has 9 nitrogen and oxygen atoms in total. The van der Waals surface area contributed by atoms with Crippen LogP contribution < -0.4 is 4.90 Å². The Morgan fingerprint density at radius 3 is 2.76 bits per heavy atom. The van der Waals surface area contributed by atoms with Gasteiger partial charge in [0.25, 0.3) is 5.91 Å². The van der Waals surface area contributed by atoms with Crippen molar-refractivity contribution in [3.63, 3.8) is 0 Å². The Morgan fingerprint density at radius 1 is 1.18 bits per heavy atom. The van der Waals surface area contributed by atoms with Crippen molar-refractivity contribution >= 4 is 17.7 Å². The first kappa shape index (κ1) is 21.4. The van der Waals surface area contributed by atoms with E-state index in [4.69, 9.17) is 0 Å². The molecule has 10 heteroatoms. The molecule has 0 atom stereocenters. The highest BCUT2D eigenvalue weighted by Gasteiger charge is 2.30. The molecule has 0 unspecified atom stereocenters. The van der Waals surface area contributed by atoms with E-state index in [0.29, 0.717) is 35.0 Å². The minimum atomic E-state index is -1.39. The van der Waals surface area contributed by atoms with Crippen LogP contribution in [0.2, 0.25) is 0 Å². The van der Waals surface area contributed by atoms with E-state index in [1.165, 1.54) is 17.2 Å². The van der Waals surface area contributed by atoms with E-state index in [1.54, 1.807) is 30.6 Å². The van der Waals surface area contributed by atoms with Crippen molar-refractivity contribution in [1.82, 2.24) is 24.7 Å². The van der Waals surface area contributed by atoms with Crippen molar-refractivity contribution in [2.75, 3.05) is 4.90 Å². The van der Waals surface area contributed by atoms with Gasteiger partial charge < -0.3 is 9.67 Å². The maximum atomic E-state index is 14.7. The normalized spacial score (nSPS) is 12.9. The number of hydrogen-bond acceptors (Lipinski definition) is 6. The van der Waals surface area contributed by atoms with Gasteiger partial charge in [-0.1, -0.05) is 18.2 Å². The van der Waals surface area contributed by atoms with E-state index in [9.17, 15) is 19.1 Å². The van der Waals surface area contributed by atoms with Gasteiger partial charge in [0.15, 0.2) is 11.6 Å². The van der Waals surface area contributed by atoms with Gasteiger partial charge in [0, 0.05) is 23.4 Å². The van der Waals surface area contributed by atoms with Gasteiger partial charge in [-0.05, 0) is 43.7 Å². The van der Waals surface area contributed by atoms with Gasteiger partial charge in [0.05, 0.1) is 12.1 Å². The van der Waals surface area contributed by atoms with Gasteiger partial charge in [-0.3, -0.25) is 14.7 Å². The minimum absolute atomic E-state index is 0.123. The summed E-state index contributed by atoms with van der Waals surface area (Å²) >= 11 is 0. The third-order valence-electron chi connectivity index (χ3n) is 5.68. The maximum Gasteiger partial charge on any atom is 0.338 e. The number of benzene rings is 1. The number of hydrogen-bond donors (Lipinski definition) is 1. The lowest BCUT2D eigenvalue weighted by molar-refractivity contribution is 0.0691. The van der Waals surface area contributed by atoms with Gasteiger partial charge in [-0.2, -0.15) is 0 Å². The van der Waals surface area contributed by atoms with Crippen LogP contribution in [0, 0.1) is 5.82 Å². The summed E-state index contributed by atoms with van der Waals surface area (Å²) < 4.78 is 16.6. The highest BCUT2D eigenvalue weighted by Crippen LogP contribution is 2.32. The van der Waals surface area contributed by atoms with E-state index >= 15 is 0 Å². The minimum Gasteiger partial charge on any atom is -0.478 e. The lowest BCUT2D eigenvalue weighted by Crippen LogP contribution is -2.24. The molecule has 4 aromatic rings. The van der Waals surface area contributed by atoms with Gasteiger partial charge in [0.1, 0.15) is 23.5 Å². The number of fused-ring (bicyclic) bond motifs is 1. The Kier molecular flexibility index (Phi) is 5.12. The average Bonchev–Trinajstić information content (AvgIpc) is 3.44. The van der Waals surface area contributed by atoms with Gasteiger partial charge in [0.2, 0.25) is 0 Å². The molecule has 1 aliphatic rings. The molecule has 170 valence electrons. The first-order valence-electron chi connectivity index (χ1n) is 10.5. The predicted octanol–water partition coefficient (Wildman–Crippen LogP) is 3.98. The van der Waals surface area contributed by atoms with E-state index in [-0.39, 0.29) is 17.6 Å². The number of aromatic nitrogens is 5. The molecule has 1 amide bonds. The summed E-state index contributed by atoms with van der Waals surface area (Å²) in [5.41, 5.74) is 1.44. The lowest BCUT2D eigenvalue weighted by atomic mass is 10.0. The molecule has 1 N–H and O–H groups in total. The molecule has 0 saturated carbocycles. The molecule has 3 aromatic heterocycles. The summed E-state index contributed by atoms with van der Waals surface area (Å²) in [4.78, 5) is 34.7. The van der Waals surface area contributed by atoms with E-state index in [1.807, 2.05) is 24.5 Å². The number of rotatable bonds is 5. The van der Waals surface area contributed by atoms with Crippen molar-refractivity contribution in [1.29, 1.82) is 0 Å². The molecule has 1 aliphatic heterocycles. The Balaban J connectivity index is 1.49.